The molecule has 3 aliphatic carbocycles. The van der Waals surface area contributed by atoms with Gasteiger partial charge in [0.15, 0.2) is 0 Å². The van der Waals surface area contributed by atoms with Crippen molar-refractivity contribution in [3.63, 3.8) is 0 Å². The molecule has 0 radical (unpaired) electrons. The molecule has 1 aromatic rings. The van der Waals surface area contributed by atoms with Gasteiger partial charge in [0, 0.05) is 9.65 Å². The van der Waals surface area contributed by atoms with Crippen LogP contribution in [-0.4, -0.2) is 9.65 Å². The van der Waals surface area contributed by atoms with Crippen LogP contribution in [0.4, 0.5) is 0 Å². The Morgan fingerprint density at radius 2 is 1.33 bits per heavy atom. The Labute approximate surface area is 107 Å². The minimum atomic E-state index is 0.692. The van der Waals surface area contributed by atoms with Crippen LogP contribution in [0.3, 0.4) is 0 Å². The molecule has 78 valence electrons. The zero-order valence-corrected chi connectivity index (χ0v) is 11.4. The van der Waals surface area contributed by atoms with Crippen LogP contribution in [0.25, 0.3) is 0 Å². The molecule has 2 saturated carbocycles. The number of benzene rings is 1. The molecule has 0 nitrogen and oxygen atoms in total. The van der Waals surface area contributed by atoms with Gasteiger partial charge in [0.25, 0.3) is 0 Å². The molecule has 2 bridgehead atoms. The Morgan fingerprint density at radius 3 is 1.80 bits per heavy atom. The Kier molecular flexibility index (Phi) is 1.78. The van der Waals surface area contributed by atoms with E-state index in [0.29, 0.717) is 9.65 Å². The number of hydrogen-bond acceptors (Lipinski definition) is 0. The van der Waals surface area contributed by atoms with E-state index in [1.807, 2.05) is 0 Å². The topological polar surface area (TPSA) is 0 Å². The maximum Gasteiger partial charge on any atom is 0.0308 e. The smallest absolute Gasteiger partial charge is 0.0308 e. The van der Waals surface area contributed by atoms with Crippen molar-refractivity contribution in [2.24, 2.45) is 11.8 Å². The molecule has 0 spiro atoms. The highest BCUT2D eigenvalue weighted by molar-refractivity contribution is 9.12. The summed E-state index contributed by atoms with van der Waals surface area (Å²) < 4.78 is 0. The minimum Gasteiger partial charge on any atom is -0.0875 e. The summed E-state index contributed by atoms with van der Waals surface area (Å²) in [7, 11) is 0. The van der Waals surface area contributed by atoms with Gasteiger partial charge in [0.1, 0.15) is 0 Å². The van der Waals surface area contributed by atoms with E-state index in [9.17, 15) is 0 Å². The summed E-state index contributed by atoms with van der Waals surface area (Å²) in [5.74, 6) is 3.48. The molecule has 0 aromatic heterocycles. The highest BCUT2D eigenvalue weighted by Crippen LogP contribution is 2.69. The lowest BCUT2D eigenvalue weighted by Crippen LogP contribution is -2.39. The second-order valence-electron chi connectivity index (χ2n) is 5.13. The first-order valence-electron chi connectivity index (χ1n) is 5.66. The molecule has 0 heterocycles. The van der Waals surface area contributed by atoms with E-state index in [0.717, 1.165) is 23.7 Å². The average Bonchev–Trinajstić information content (AvgIpc) is 2.70. The molecule has 2 heteroatoms. The maximum absolute atomic E-state index is 3.87. The summed E-state index contributed by atoms with van der Waals surface area (Å²) >= 11 is 7.73. The molecule has 15 heavy (non-hydrogen) atoms. The largest absolute Gasteiger partial charge is 0.0875 e. The van der Waals surface area contributed by atoms with Gasteiger partial charge in [0.05, 0.1) is 0 Å². The Bertz CT molecular complexity index is 389. The van der Waals surface area contributed by atoms with Crippen molar-refractivity contribution in [1.29, 1.82) is 0 Å². The molecule has 3 aliphatic rings. The van der Waals surface area contributed by atoms with Crippen LogP contribution in [0.1, 0.15) is 29.4 Å². The number of fused-ring (bicyclic) bond motifs is 8. The summed E-state index contributed by atoms with van der Waals surface area (Å²) in [5, 5.41) is 0. The maximum atomic E-state index is 3.87. The van der Waals surface area contributed by atoms with Crippen molar-refractivity contribution in [3.05, 3.63) is 35.4 Å². The Morgan fingerprint density at radius 1 is 0.867 bits per heavy atom. The molecule has 0 unspecified atom stereocenters. The second kappa shape index (κ2) is 2.89. The summed E-state index contributed by atoms with van der Waals surface area (Å²) in [4.78, 5) is 1.38. The lowest BCUT2D eigenvalue weighted by atomic mass is 9.61. The molecule has 1 aromatic carbocycles. The van der Waals surface area contributed by atoms with E-state index in [1.165, 1.54) is 6.42 Å². The van der Waals surface area contributed by atoms with Gasteiger partial charge in [-0.3, -0.25) is 0 Å². The van der Waals surface area contributed by atoms with Crippen molar-refractivity contribution >= 4 is 31.9 Å². The van der Waals surface area contributed by atoms with Crippen molar-refractivity contribution in [2.75, 3.05) is 0 Å². The zero-order chi connectivity index (χ0) is 10.2. The monoisotopic (exact) mass is 326 g/mol. The first-order chi connectivity index (χ1) is 7.29. The number of alkyl halides is 2. The fourth-order valence-electron chi connectivity index (χ4n) is 4.14. The van der Waals surface area contributed by atoms with Gasteiger partial charge < -0.3 is 0 Å². The van der Waals surface area contributed by atoms with Crippen LogP contribution >= 0.6 is 31.9 Å². The van der Waals surface area contributed by atoms with E-state index in [1.54, 1.807) is 11.1 Å². The van der Waals surface area contributed by atoms with Gasteiger partial charge in [-0.2, -0.15) is 0 Å². The van der Waals surface area contributed by atoms with Crippen molar-refractivity contribution < 1.29 is 0 Å². The molecule has 4 rings (SSSR count). The summed E-state index contributed by atoms with van der Waals surface area (Å²) in [6.45, 7) is 0. The third-order valence-electron chi connectivity index (χ3n) is 4.69. The fraction of sp³-hybridized carbons (Fsp3) is 0.538. The molecular formula is C13H12Br2. The number of halogens is 2. The van der Waals surface area contributed by atoms with Gasteiger partial charge in [0.2, 0.25) is 0 Å². The van der Waals surface area contributed by atoms with Crippen LogP contribution < -0.4 is 0 Å². The first-order valence-corrected chi connectivity index (χ1v) is 7.49. The van der Waals surface area contributed by atoms with E-state index in [-0.39, 0.29) is 0 Å². The Hall–Kier alpha value is 0.180. The molecule has 0 amide bonds. The van der Waals surface area contributed by atoms with Crippen LogP contribution in [-0.2, 0) is 0 Å². The van der Waals surface area contributed by atoms with Gasteiger partial charge in [-0.05, 0) is 41.2 Å². The molecule has 0 aliphatic heterocycles. The standard InChI is InChI=1S/C13H12Br2/c14-12-8-5-9(13(12)15)11-7-4-2-1-3-6(7)10(8)11/h1-4,8-13H,5H2/t8-,9+,10-,11+,12+,13-. The number of hydrogen-bond donors (Lipinski definition) is 0. The van der Waals surface area contributed by atoms with Crippen molar-refractivity contribution in [1.82, 2.24) is 0 Å². The van der Waals surface area contributed by atoms with E-state index < -0.39 is 0 Å². The molecule has 0 saturated heterocycles. The normalized spacial score (nSPS) is 49.7. The highest BCUT2D eigenvalue weighted by Gasteiger charge is 2.61. The predicted molar refractivity (Wildman–Crippen MR) is 69.0 cm³/mol. The third kappa shape index (κ3) is 0.945. The Balaban J connectivity index is 1.84. The van der Waals surface area contributed by atoms with Gasteiger partial charge in [-0.1, -0.05) is 56.1 Å². The van der Waals surface area contributed by atoms with Gasteiger partial charge >= 0.3 is 0 Å². The van der Waals surface area contributed by atoms with Crippen LogP contribution in [0, 0.1) is 11.8 Å². The summed E-state index contributed by atoms with van der Waals surface area (Å²) in [6.07, 6.45) is 1.41. The van der Waals surface area contributed by atoms with Crippen LogP contribution in [0.5, 0.6) is 0 Å². The third-order valence-corrected chi connectivity index (χ3v) is 7.90. The average molecular weight is 328 g/mol. The minimum absolute atomic E-state index is 0.692. The van der Waals surface area contributed by atoms with Gasteiger partial charge in [-0.15, -0.1) is 0 Å². The predicted octanol–water partition coefficient (Wildman–Crippen LogP) is 4.04. The zero-order valence-electron chi connectivity index (χ0n) is 8.24. The summed E-state index contributed by atoms with van der Waals surface area (Å²) in [5.41, 5.74) is 3.28. The van der Waals surface area contributed by atoms with Gasteiger partial charge in [-0.25, -0.2) is 0 Å². The van der Waals surface area contributed by atoms with Crippen molar-refractivity contribution in [2.45, 2.75) is 27.9 Å². The SMILES string of the molecule is Br[C@@H]1[C@H](Br)[C@H]2C[C@@H]1[C@H]1c3ccccc3[C@@H]21. The summed E-state index contributed by atoms with van der Waals surface area (Å²) in [6, 6.07) is 9.05. The van der Waals surface area contributed by atoms with Crippen LogP contribution in [0.2, 0.25) is 0 Å². The highest BCUT2D eigenvalue weighted by atomic mass is 79.9. The molecule has 6 atom stereocenters. The molecule has 2 fully saturated rings. The lowest BCUT2D eigenvalue weighted by molar-refractivity contribution is 0.343. The first kappa shape index (κ1) is 9.23. The number of rotatable bonds is 0. The molecular weight excluding hydrogens is 316 g/mol. The quantitative estimate of drug-likeness (QED) is 0.631. The van der Waals surface area contributed by atoms with Crippen LogP contribution in [0.15, 0.2) is 24.3 Å². The lowest BCUT2D eigenvalue weighted by Gasteiger charge is -2.46. The molecule has 0 N–H and O–H groups in total. The van der Waals surface area contributed by atoms with Crippen molar-refractivity contribution in [3.8, 4) is 0 Å². The van der Waals surface area contributed by atoms with E-state index >= 15 is 0 Å². The van der Waals surface area contributed by atoms with E-state index in [4.69, 9.17) is 0 Å². The second-order valence-corrected chi connectivity index (χ2v) is 7.25. The van der Waals surface area contributed by atoms with E-state index in [2.05, 4.69) is 56.1 Å². The fourth-order valence-corrected chi connectivity index (χ4v) is 6.01.